The normalized spacial score (nSPS) is 10.2. The summed E-state index contributed by atoms with van der Waals surface area (Å²) in [5, 5.41) is 11.7. The van der Waals surface area contributed by atoms with Crippen molar-refractivity contribution >= 4 is 17.3 Å². The van der Waals surface area contributed by atoms with E-state index >= 15 is 0 Å². The van der Waals surface area contributed by atoms with Crippen LogP contribution in [-0.2, 0) is 6.54 Å². The first-order valence-corrected chi connectivity index (χ1v) is 4.70. The molecule has 0 amide bonds. The molecule has 13 heavy (non-hydrogen) atoms. The predicted octanol–water partition coefficient (Wildman–Crippen LogP) is -0.110. The van der Waals surface area contributed by atoms with Crippen LogP contribution in [0, 0.1) is 0 Å². The van der Waals surface area contributed by atoms with Crippen LogP contribution in [0.3, 0.4) is 0 Å². The monoisotopic (exact) mass is 201 g/mol. The number of hydrogen-bond donors (Lipinski definition) is 3. The number of nitrogens with zero attached hydrogens (tertiary/aromatic N) is 1. The molecule has 0 bridgehead atoms. The van der Waals surface area contributed by atoms with Gasteiger partial charge in [-0.3, -0.25) is 0 Å². The summed E-state index contributed by atoms with van der Waals surface area (Å²) in [6, 6.07) is 0. The molecule has 1 aromatic rings. The van der Waals surface area contributed by atoms with E-state index in [9.17, 15) is 4.79 Å². The molecule has 0 saturated heterocycles. The molecule has 0 radical (unpaired) electrons. The summed E-state index contributed by atoms with van der Waals surface area (Å²) in [5.41, 5.74) is 6.94. The van der Waals surface area contributed by atoms with Crippen LogP contribution in [0.4, 0.5) is 0 Å². The Hall–Kier alpha value is -0.980. The van der Waals surface area contributed by atoms with Gasteiger partial charge in [0.25, 0.3) is 0 Å². The van der Waals surface area contributed by atoms with Crippen molar-refractivity contribution in [3.63, 3.8) is 0 Å². The van der Waals surface area contributed by atoms with E-state index in [1.807, 2.05) is 0 Å². The summed E-state index contributed by atoms with van der Waals surface area (Å²) in [7, 11) is 0. The molecule has 1 aromatic heterocycles. The molecule has 4 N–H and O–H groups in total. The Bertz CT molecular complexity index is 287. The Morgan fingerprint density at radius 2 is 2.54 bits per heavy atom. The lowest BCUT2D eigenvalue weighted by Gasteiger charge is -2.00. The van der Waals surface area contributed by atoms with Crippen LogP contribution < -0.4 is 11.1 Å². The number of nitrogens with one attached hydrogen (secondary N) is 1. The zero-order valence-corrected chi connectivity index (χ0v) is 7.80. The molecule has 0 fully saturated rings. The predicted molar refractivity (Wildman–Crippen MR) is 49.8 cm³/mol. The Morgan fingerprint density at radius 3 is 3.15 bits per heavy atom. The van der Waals surface area contributed by atoms with E-state index in [2.05, 4.69) is 10.3 Å². The van der Waals surface area contributed by atoms with E-state index in [1.54, 1.807) is 0 Å². The van der Waals surface area contributed by atoms with Gasteiger partial charge in [0.2, 0.25) is 0 Å². The molecule has 1 rings (SSSR count). The highest BCUT2D eigenvalue weighted by Gasteiger charge is 2.12. The second-order valence-corrected chi connectivity index (χ2v) is 3.33. The van der Waals surface area contributed by atoms with Crippen molar-refractivity contribution in [1.29, 1.82) is 0 Å². The zero-order chi connectivity index (χ0) is 9.68. The van der Waals surface area contributed by atoms with Crippen molar-refractivity contribution in [2.75, 3.05) is 13.1 Å². The third-order valence-electron chi connectivity index (χ3n) is 1.45. The summed E-state index contributed by atoms with van der Waals surface area (Å²) in [6.07, 6.45) is 0. The number of aromatic nitrogens is 1. The van der Waals surface area contributed by atoms with E-state index in [1.165, 1.54) is 16.8 Å². The van der Waals surface area contributed by atoms with Gasteiger partial charge in [-0.25, -0.2) is 9.78 Å². The van der Waals surface area contributed by atoms with Gasteiger partial charge in [-0.05, 0) is 0 Å². The highest BCUT2D eigenvalue weighted by molar-refractivity contribution is 7.09. The maximum atomic E-state index is 10.6. The summed E-state index contributed by atoms with van der Waals surface area (Å²) < 4.78 is 0. The topological polar surface area (TPSA) is 88.2 Å². The summed E-state index contributed by atoms with van der Waals surface area (Å²) in [5.74, 6) is -0.981. The van der Waals surface area contributed by atoms with E-state index < -0.39 is 5.97 Å². The van der Waals surface area contributed by atoms with Gasteiger partial charge in [-0.2, -0.15) is 0 Å². The van der Waals surface area contributed by atoms with E-state index in [0.29, 0.717) is 19.6 Å². The Labute approximate surface area is 79.6 Å². The minimum Gasteiger partial charge on any atom is -0.476 e. The van der Waals surface area contributed by atoms with Gasteiger partial charge in [-0.15, -0.1) is 11.3 Å². The quantitative estimate of drug-likeness (QED) is 0.578. The molecule has 6 heteroatoms. The number of aromatic carboxylic acids is 1. The van der Waals surface area contributed by atoms with Crippen molar-refractivity contribution in [3.05, 3.63) is 16.1 Å². The van der Waals surface area contributed by atoms with Crippen molar-refractivity contribution in [2.24, 2.45) is 5.73 Å². The standard InChI is InChI=1S/C7H11N3O2S/c8-1-2-9-3-5-6(7(11)12)10-4-13-5/h4,9H,1-3,8H2,(H,11,12). The molecule has 0 atom stereocenters. The molecule has 0 aliphatic carbocycles. The Kier molecular flexibility index (Phi) is 3.81. The molecule has 72 valence electrons. The molecule has 0 aliphatic heterocycles. The molecule has 1 heterocycles. The molecular weight excluding hydrogens is 190 g/mol. The third kappa shape index (κ3) is 2.76. The molecule has 0 saturated carbocycles. The first kappa shape index (κ1) is 10.1. The molecule has 0 unspecified atom stereocenters. The maximum Gasteiger partial charge on any atom is 0.355 e. The van der Waals surface area contributed by atoms with Gasteiger partial charge in [0.15, 0.2) is 5.69 Å². The van der Waals surface area contributed by atoms with Crippen molar-refractivity contribution < 1.29 is 9.90 Å². The largest absolute Gasteiger partial charge is 0.476 e. The number of carboxylic acid groups (broad SMARTS) is 1. The van der Waals surface area contributed by atoms with Gasteiger partial charge in [-0.1, -0.05) is 0 Å². The minimum atomic E-state index is -0.981. The minimum absolute atomic E-state index is 0.134. The van der Waals surface area contributed by atoms with Gasteiger partial charge in [0, 0.05) is 19.6 Å². The van der Waals surface area contributed by atoms with E-state index in [0.717, 1.165) is 4.88 Å². The molecule has 0 aromatic carbocycles. The SMILES string of the molecule is NCCNCc1scnc1C(=O)O. The highest BCUT2D eigenvalue weighted by atomic mass is 32.1. The smallest absolute Gasteiger partial charge is 0.355 e. The molecular formula is C7H11N3O2S. The molecule has 0 aliphatic rings. The van der Waals surface area contributed by atoms with Crippen molar-refractivity contribution in [2.45, 2.75) is 6.54 Å². The van der Waals surface area contributed by atoms with Gasteiger partial charge >= 0.3 is 5.97 Å². The zero-order valence-electron chi connectivity index (χ0n) is 6.99. The third-order valence-corrected chi connectivity index (χ3v) is 2.28. The number of thiazole rings is 1. The Morgan fingerprint density at radius 1 is 1.77 bits per heavy atom. The average molecular weight is 201 g/mol. The fourth-order valence-electron chi connectivity index (χ4n) is 0.874. The lowest BCUT2D eigenvalue weighted by molar-refractivity contribution is 0.0690. The van der Waals surface area contributed by atoms with Crippen LogP contribution in [0.1, 0.15) is 15.4 Å². The molecule has 0 spiro atoms. The average Bonchev–Trinajstić information content (AvgIpc) is 2.53. The van der Waals surface area contributed by atoms with Crippen LogP contribution in [0.2, 0.25) is 0 Å². The summed E-state index contributed by atoms with van der Waals surface area (Å²) in [4.78, 5) is 15.1. The van der Waals surface area contributed by atoms with Crippen molar-refractivity contribution in [1.82, 2.24) is 10.3 Å². The first-order valence-electron chi connectivity index (χ1n) is 3.82. The number of rotatable bonds is 5. The Balaban J connectivity index is 2.55. The van der Waals surface area contributed by atoms with Gasteiger partial charge in [0.1, 0.15) is 0 Å². The molecule has 5 nitrogen and oxygen atoms in total. The number of carbonyl (C=O) groups is 1. The first-order chi connectivity index (χ1) is 6.25. The summed E-state index contributed by atoms with van der Waals surface area (Å²) in [6.45, 7) is 1.74. The number of hydrogen-bond acceptors (Lipinski definition) is 5. The van der Waals surface area contributed by atoms with E-state index in [-0.39, 0.29) is 5.69 Å². The van der Waals surface area contributed by atoms with Crippen LogP contribution in [0.25, 0.3) is 0 Å². The summed E-state index contributed by atoms with van der Waals surface area (Å²) >= 11 is 1.33. The van der Waals surface area contributed by atoms with Crippen LogP contribution in [-0.4, -0.2) is 29.1 Å². The van der Waals surface area contributed by atoms with E-state index in [4.69, 9.17) is 10.8 Å². The van der Waals surface area contributed by atoms with Gasteiger partial charge < -0.3 is 16.2 Å². The van der Waals surface area contributed by atoms with Gasteiger partial charge in [0.05, 0.1) is 10.4 Å². The highest BCUT2D eigenvalue weighted by Crippen LogP contribution is 2.12. The second kappa shape index (κ2) is 4.90. The van der Waals surface area contributed by atoms with Crippen LogP contribution in [0.15, 0.2) is 5.51 Å². The lowest BCUT2D eigenvalue weighted by atomic mass is 10.3. The fraction of sp³-hybridized carbons (Fsp3) is 0.429. The van der Waals surface area contributed by atoms with Crippen LogP contribution in [0.5, 0.6) is 0 Å². The van der Waals surface area contributed by atoms with Crippen LogP contribution >= 0.6 is 11.3 Å². The maximum absolute atomic E-state index is 10.6. The lowest BCUT2D eigenvalue weighted by Crippen LogP contribution is -2.22. The van der Waals surface area contributed by atoms with Crippen molar-refractivity contribution in [3.8, 4) is 0 Å². The second-order valence-electron chi connectivity index (χ2n) is 2.39. The fourth-order valence-corrected chi connectivity index (χ4v) is 1.60. The number of carboxylic acids is 1. The number of nitrogens with two attached hydrogens (primary N) is 1.